The number of hydrogen-bond donors (Lipinski definition) is 4. The van der Waals surface area contributed by atoms with Crippen LogP contribution in [-0.2, 0) is 9.59 Å². The summed E-state index contributed by atoms with van der Waals surface area (Å²) in [6.07, 6.45) is 7.33. The lowest BCUT2D eigenvalue weighted by molar-refractivity contribution is -0.121. The zero-order valence-electron chi connectivity index (χ0n) is 33.6. The van der Waals surface area contributed by atoms with Gasteiger partial charge in [0.15, 0.2) is 0 Å². The van der Waals surface area contributed by atoms with Gasteiger partial charge in [-0.2, -0.15) is 0 Å². The molecule has 0 atom stereocenters. The summed E-state index contributed by atoms with van der Waals surface area (Å²) in [6.45, 7) is 19.7. The second-order valence-electron chi connectivity index (χ2n) is 15.0. The largest absolute Gasteiger partial charge is 0.356 e. The Morgan fingerprint density at radius 1 is 0.630 bits per heavy atom. The first-order valence-electron chi connectivity index (χ1n) is 19.0. The van der Waals surface area contributed by atoms with Gasteiger partial charge in [0.2, 0.25) is 11.8 Å². The highest BCUT2D eigenvalue weighted by Gasteiger charge is 2.23. The molecular weight excluding hydrogens is 673 g/mol. The minimum Gasteiger partial charge on any atom is -0.356 e. The van der Waals surface area contributed by atoms with E-state index in [0.717, 1.165) is 115 Å². The van der Waals surface area contributed by atoms with Gasteiger partial charge in [0, 0.05) is 59.1 Å². The molecule has 2 amide bonds. The Morgan fingerprint density at radius 3 is 1.46 bits per heavy atom. The van der Waals surface area contributed by atoms with E-state index in [1.165, 1.54) is 0 Å². The molecule has 0 fully saturated rings. The van der Waals surface area contributed by atoms with Crippen molar-refractivity contribution in [2.75, 3.05) is 54.4 Å². The van der Waals surface area contributed by atoms with Gasteiger partial charge in [0.25, 0.3) is 0 Å². The fourth-order valence-electron chi connectivity index (χ4n) is 7.20. The van der Waals surface area contributed by atoms with E-state index in [1.807, 2.05) is 46.4 Å². The number of aryl methyl sites for hydroxylation is 2. The number of fused-ring (bicyclic) bond motifs is 8. The number of carbonyl (C=O) groups is 2. The van der Waals surface area contributed by atoms with Crippen molar-refractivity contribution in [3.8, 4) is 0 Å². The fourth-order valence-corrected chi connectivity index (χ4v) is 7.20. The molecule has 0 spiro atoms. The standard InChI is InChI=1S/C44H58N8O2/c1-11-31-27(3)35-23-36-29(5)33(15-17-43(53)45-19-13-21-51(7)8)41(49-36)26-42-34(16-18-44(54)46-20-14-22-52(9)10)30(6)38(50-42)25-40-32(12-2)28(4)37(48-40)24-39(31)47-35/h11-12,23-26,47-48H,1-2,13-22H2,3-10H3,(H,45,53)(H,46,54). The minimum absolute atomic E-state index is 0.0224. The molecule has 2 aliphatic rings. The summed E-state index contributed by atoms with van der Waals surface area (Å²) in [5.74, 6) is 0.0457. The van der Waals surface area contributed by atoms with Crippen LogP contribution < -0.4 is 10.6 Å². The Bertz CT molecular complexity index is 2160. The number of allylic oxidation sites excluding steroid dienone is 4. The van der Waals surface area contributed by atoms with E-state index >= 15 is 0 Å². The molecule has 3 aromatic rings. The maximum atomic E-state index is 13.0. The van der Waals surface area contributed by atoms with Gasteiger partial charge in [-0.1, -0.05) is 25.3 Å². The van der Waals surface area contributed by atoms with Crippen LogP contribution in [0.5, 0.6) is 0 Å². The molecule has 0 aromatic carbocycles. The van der Waals surface area contributed by atoms with Crippen LogP contribution in [0.15, 0.2) is 37.4 Å². The van der Waals surface area contributed by atoms with Crippen molar-refractivity contribution in [1.29, 1.82) is 0 Å². The molecule has 10 heteroatoms. The predicted molar refractivity (Wildman–Crippen MR) is 226 cm³/mol. The SMILES string of the molecule is C=Cc1c(C)c2cc3[nH]c(cc4nc(cc5nc(cc1[nH]2)C(C)=C5CCC(=O)NCCCN(C)C)C(CCC(=O)NCCCN(C)C)=C4C)c(C)c3C=C. The Labute approximate surface area is 320 Å². The quantitative estimate of drug-likeness (QED) is 0.112. The van der Waals surface area contributed by atoms with Crippen molar-refractivity contribution in [2.24, 2.45) is 0 Å². The monoisotopic (exact) mass is 730 g/mol. The van der Waals surface area contributed by atoms with Crippen LogP contribution in [0, 0.1) is 13.8 Å². The number of aromatic amines is 2. The van der Waals surface area contributed by atoms with E-state index in [1.54, 1.807) is 0 Å². The highest BCUT2D eigenvalue weighted by Crippen LogP contribution is 2.38. The Hall–Kier alpha value is -5.06. The molecule has 0 saturated heterocycles. The number of nitrogens with one attached hydrogen (secondary N) is 4. The first-order chi connectivity index (χ1) is 25.8. The number of aromatic nitrogens is 4. The van der Waals surface area contributed by atoms with Crippen molar-refractivity contribution >= 4 is 68.3 Å². The highest BCUT2D eigenvalue weighted by molar-refractivity contribution is 5.97. The zero-order chi connectivity index (χ0) is 39.1. The molecule has 10 nitrogen and oxygen atoms in total. The van der Waals surface area contributed by atoms with Gasteiger partial charge in [0.1, 0.15) is 0 Å². The van der Waals surface area contributed by atoms with Gasteiger partial charge in [-0.15, -0.1) is 0 Å². The average Bonchev–Trinajstić information content (AvgIpc) is 3.79. The van der Waals surface area contributed by atoms with Crippen LogP contribution in [0.2, 0.25) is 0 Å². The normalized spacial score (nSPS) is 12.9. The van der Waals surface area contributed by atoms with Crippen molar-refractivity contribution < 1.29 is 9.59 Å². The third-order valence-electron chi connectivity index (χ3n) is 10.5. The summed E-state index contributed by atoms with van der Waals surface area (Å²) in [5, 5.41) is 6.18. The van der Waals surface area contributed by atoms with Gasteiger partial charge in [0.05, 0.1) is 22.8 Å². The Balaban J connectivity index is 1.65. The summed E-state index contributed by atoms with van der Waals surface area (Å²) in [4.78, 5) is 48.0. The number of rotatable bonds is 16. The van der Waals surface area contributed by atoms with Crippen LogP contribution in [0.3, 0.4) is 0 Å². The lowest BCUT2D eigenvalue weighted by atomic mass is 9.98. The number of amides is 2. The summed E-state index contributed by atoms with van der Waals surface area (Å²) in [7, 11) is 8.14. The lowest BCUT2D eigenvalue weighted by Crippen LogP contribution is -2.26. The third kappa shape index (κ3) is 9.35. The molecule has 0 radical (unpaired) electrons. The molecular formula is C44H58N8O2. The van der Waals surface area contributed by atoms with Crippen molar-refractivity contribution in [3.05, 3.63) is 82.5 Å². The predicted octanol–water partition coefficient (Wildman–Crippen LogP) is 7.78. The van der Waals surface area contributed by atoms with E-state index in [2.05, 4.69) is 89.5 Å². The fraction of sp³-hybridized carbons (Fsp3) is 0.409. The van der Waals surface area contributed by atoms with Gasteiger partial charge < -0.3 is 30.4 Å². The second-order valence-corrected chi connectivity index (χ2v) is 15.0. The molecule has 8 bridgehead atoms. The summed E-state index contributed by atoms with van der Waals surface area (Å²) in [5.41, 5.74) is 15.3. The van der Waals surface area contributed by atoms with Crippen molar-refractivity contribution in [1.82, 2.24) is 40.4 Å². The van der Waals surface area contributed by atoms with Crippen molar-refractivity contribution in [2.45, 2.75) is 66.2 Å². The van der Waals surface area contributed by atoms with Crippen LogP contribution in [-0.4, -0.2) is 95.9 Å². The van der Waals surface area contributed by atoms with E-state index < -0.39 is 0 Å². The zero-order valence-corrected chi connectivity index (χ0v) is 33.6. The van der Waals surface area contributed by atoms with Crippen LogP contribution in [0.1, 0.15) is 97.4 Å². The van der Waals surface area contributed by atoms with E-state index in [9.17, 15) is 9.59 Å². The van der Waals surface area contributed by atoms with Gasteiger partial charge >= 0.3 is 0 Å². The minimum atomic E-state index is 0.0224. The smallest absolute Gasteiger partial charge is 0.220 e. The summed E-state index contributed by atoms with van der Waals surface area (Å²) in [6, 6.07) is 8.34. The van der Waals surface area contributed by atoms with Crippen LogP contribution in [0.25, 0.3) is 56.5 Å². The Kier molecular flexibility index (Phi) is 13.3. The molecule has 286 valence electrons. The van der Waals surface area contributed by atoms with Crippen molar-refractivity contribution in [3.63, 3.8) is 0 Å². The number of carbonyl (C=O) groups excluding carboxylic acids is 2. The molecule has 2 aliphatic heterocycles. The molecule has 4 N–H and O–H groups in total. The van der Waals surface area contributed by atoms with Crippen LogP contribution in [0.4, 0.5) is 0 Å². The maximum Gasteiger partial charge on any atom is 0.220 e. The first kappa shape index (κ1) is 40.1. The van der Waals surface area contributed by atoms with Gasteiger partial charge in [-0.3, -0.25) is 9.59 Å². The van der Waals surface area contributed by atoms with Gasteiger partial charge in [-0.25, -0.2) is 9.97 Å². The van der Waals surface area contributed by atoms with E-state index in [4.69, 9.17) is 9.97 Å². The second kappa shape index (κ2) is 17.8. The topological polar surface area (TPSA) is 122 Å². The molecule has 0 saturated carbocycles. The van der Waals surface area contributed by atoms with Gasteiger partial charge in [-0.05, 0) is 152 Å². The molecule has 54 heavy (non-hydrogen) atoms. The number of nitrogens with zero attached hydrogens (tertiary/aromatic N) is 4. The molecule has 3 aromatic heterocycles. The van der Waals surface area contributed by atoms with Crippen LogP contribution >= 0.6 is 0 Å². The summed E-state index contributed by atoms with van der Waals surface area (Å²) >= 11 is 0. The number of H-pyrrole nitrogens is 2. The Morgan fingerprint density at radius 2 is 1.04 bits per heavy atom. The van der Waals surface area contributed by atoms with E-state index in [-0.39, 0.29) is 11.8 Å². The first-order valence-corrected chi connectivity index (χ1v) is 19.0. The molecule has 5 heterocycles. The molecule has 5 rings (SSSR count). The highest BCUT2D eigenvalue weighted by atomic mass is 16.2. The average molecular weight is 731 g/mol. The molecule has 0 aliphatic carbocycles. The lowest BCUT2D eigenvalue weighted by Gasteiger charge is -2.11. The van der Waals surface area contributed by atoms with E-state index in [0.29, 0.717) is 38.8 Å². The summed E-state index contributed by atoms with van der Waals surface area (Å²) < 4.78 is 0. The maximum absolute atomic E-state index is 13.0. The number of hydrogen-bond acceptors (Lipinski definition) is 6. The molecule has 0 unspecified atom stereocenters. The third-order valence-corrected chi connectivity index (χ3v) is 10.5.